The van der Waals surface area contributed by atoms with Crippen LogP contribution in [0.25, 0.3) is 0 Å². The number of rotatable bonds is 9. The van der Waals surface area contributed by atoms with Gasteiger partial charge in [0.2, 0.25) is 5.91 Å². The van der Waals surface area contributed by atoms with Crippen molar-refractivity contribution < 1.29 is 19.1 Å². The van der Waals surface area contributed by atoms with Crippen LogP contribution in [0.5, 0.6) is 0 Å². The average molecular weight is 653 g/mol. The first-order chi connectivity index (χ1) is 22.6. The lowest BCUT2D eigenvalue weighted by atomic mass is 9.79. The molecule has 1 aliphatic carbocycles. The molecule has 47 heavy (non-hydrogen) atoms. The number of aromatic nitrogens is 1. The van der Waals surface area contributed by atoms with Crippen LogP contribution in [-0.2, 0) is 15.9 Å². The SMILES string of the molecule is N#Cc1cccc(C(N)(CCC2CC2)c2ccc(F)c(NC(=O)[C@H]3C[C@](O)(c4ccccc4)CN3C(=O)Nc3ccc(Cl)cn3)c2)c1. The molecule has 5 N–H and O–H groups in total. The number of hydrogen-bond donors (Lipinski definition) is 4. The Bertz CT molecular complexity index is 1830. The Hall–Kier alpha value is -4.82. The van der Waals surface area contributed by atoms with Crippen LogP contribution in [0.2, 0.25) is 5.02 Å². The first-order valence-electron chi connectivity index (χ1n) is 15.5. The number of amides is 3. The summed E-state index contributed by atoms with van der Waals surface area (Å²) in [5.74, 6) is -0.588. The third-order valence-electron chi connectivity index (χ3n) is 9.07. The van der Waals surface area contributed by atoms with Gasteiger partial charge in [0.15, 0.2) is 0 Å². The highest BCUT2D eigenvalue weighted by Gasteiger charge is 2.49. The van der Waals surface area contributed by atoms with Crippen molar-refractivity contribution in [3.63, 3.8) is 0 Å². The molecule has 1 aliphatic heterocycles. The highest BCUT2D eigenvalue weighted by molar-refractivity contribution is 6.30. The van der Waals surface area contributed by atoms with Crippen molar-refractivity contribution >= 4 is 35.0 Å². The zero-order valence-corrected chi connectivity index (χ0v) is 26.3. The number of benzene rings is 3. The Morgan fingerprint density at radius 2 is 1.83 bits per heavy atom. The molecule has 2 heterocycles. The second-order valence-electron chi connectivity index (χ2n) is 12.4. The summed E-state index contributed by atoms with van der Waals surface area (Å²) in [7, 11) is 0. The fourth-order valence-corrected chi connectivity index (χ4v) is 6.31. The first kappa shape index (κ1) is 32.1. The molecule has 11 heteroatoms. The van der Waals surface area contributed by atoms with E-state index in [1.807, 2.05) is 6.07 Å². The molecule has 0 spiro atoms. The van der Waals surface area contributed by atoms with E-state index in [9.17, 15) is 20.0 Å². The summed E-state index contributed by atoms with van der Waals surface area (Å²) in [5.41, 5.74) is 6.67. The van der Waals surface area contributed by atoms with Crippen LogP contribution >= 0.6 is 11.6 Å². The fraction of sp³-hybridized carbons (Fsp3) is 0.278. The Kier molecular flexibility index (Phi) is 8.97. The number of urea groups is 1. The van der Waals surface area contributed by atoms with Crippen molar-refractivity contribution in [1.82, 2.24) is 9.88 Å². The first-order valence-corrected chi connectivity index (χ1v) is 15.8. The highest BCUT2D eigenvalue weighted by atomic mass is 35.5. The van der Waals surface area contributed by atoms with E-state index in [0.717, 1.165) is 19.3 Å². The zero-order valence-electron chi connectivity index (χ0n) is 25.5. The molecule has 2 fully saturated rings. The lowest BCUT2D eigenvalue weighted by Gasteiger charge is -2.32. The summed E-state index contributed by atoms with van der Waals surface area (Å²) in [4.78, 5) is 32.8. The van der Waals surface area contributed by atoms with Gasteiger partial charge in [-0.15, -0.1) is 0 Å². The van der Waals surface area contributed by atoms with Crippen molar-refractivity contribution in [2.45, 2.75) is 49.3 Å². The Morgan fingerprint density at radius 1 is 1.06 bits per heavy atom. The van der Waals surface area contributed by atoms with E-state index < -0.39 is 34.9 Å². The van der Waals surface area contributed by atoms with Gasteiger partial charge in [-0.3, -0.25) is 10.1 Å². The van der Waals surface area contributed by atoms with Crippen LogP contribution in [-0.4, -0.2) is 39.5 Å². The molecule has 1 saturated heterocycles. The number of β-amino-alcohol motifs (C(OH)–C–C–N with tert-alkyl or cyclic N) is 1. The van der Waals surface area contributed by atoms with Crippen LogP contribution in [0.15, 0.2) is 91.1 Å². The van der Waals surface area contributed by atoms with E-state index in [0.29, 0.717) is 39.6 Å². The van der Waals surface area contributed by atoms with Gasteiger partial charge < -0.3 is 21.1 Å². The van der Waals surface area contributed by atoms with Crippen LogP contribution in [0.4, 0.5) is 20.7 Å². The number of aliphatic hydroxyl groups is 1. The lowest BCUT2D eigenvalue weighted by molar-refractivity contribution is -0.119. The number of pyridine rings is 1. The second kappa shape index (κ2) is 13.1. The number of halogens is 2. The fourth-order valence-electron chi connectivity index (χ4n) is 6.20. The summed E-state index contributed by atoms with van der Waals surface area (Å²) in [6.07, 6.45) is 4.93. The predicted molar refractivity (Wildman–Crippen MR) is 177 cm³/mol. The molecule has 4 aromatic rings. The van der Waals surface area contributed by atoms with E-state index in [2.05, 4.69) is 21.7 Å². The van der Waals surface area contributed by atoms with Crippen LogP contribution in [0, 0.1) is 23.1 Å². The van der Waals surface area contributed by atoms with Crippen LogP contribution < -0.4 is 16.4 Å². The number of nitrogens with zero attached hydrogens (tertiary/aromatic N) is 3. The Labute approximate surface area is 277 Å². The van der Waals surface area contributed by atoms with Gasteiger partial charge in [-0.2, -0.15) is 5.26 Å². The maximum Gasteiger partial charge on any atom is 0.323 e. The molecule has 2 aliphatic rings. The van der Waals surface area contributed by atoms with Crippen LogP contribution in [0.1, 0.15) is 54.4 Å². The van der Waals surface area contributed by atoms with E-state index in [4.69, 9.17) is 17.3 Å². The molecule has 9 nitrogen and oxygen atoms in total. The van der Waals surface area contributed by atoms with E-state index in [-0.39, 0.29) is 24.5 Å². The highest BCUT2D eigenvalue weighted by Crippen LogP contribution is 2.41. The van der Waals surface area contributed by atoms with E-state index in [1.54, 1.807) is 60.7 Å². The van der Waals surface area contributed by atoms with Crippen LogP contribution in [0.3, 0.4) is 0 Å². The third kappa shape index (κ3) is 6.98. The van der Waals surface area contributed by atoms with E-state index in [1.165, 1.54) is 29.3 Å². The number of anilines is 2. The standard InChI is InChI=1S/C36H34ClFN6O3/c37-28-12-14-32(41-21-28)43-34(46)44-22-35(47,25-6-2-1-3-7-25)19-31(44)33(45)42-30-18-27(11-13-29(30)38)36(40,16-15-23-9-10-23)26-8-4-5-24(17-26)20-39/h1-8,11-14,17-18,21,23,31,47H,9-10,15-16,19,22,40H2,(H,42,45)(H,41,43,46)/t31-,35-,36?/m1/s1. The number of carbonyl (C=O) groups excluding carboxylic acids is 2. The number of nitrogens with two attached hydrogens (primary N) is 1. The molecular weight excluding hydrogens is 619 g/mol. The summed E-state index contributed by atoms with van der Waals surface area (Å²) < 4.78 is 15.4. The number of nitriles is 1. The maximum atomic E-state index is 15.4. The molecule has 3 aromatic carbocycles. The Balaban J connectivity index is 1.30. The molecule has 0 bridgehead atoms. The number of likely N-dealkylation sites (tertiary alicyclic amines) is 1. The maximum absolute atomic E-state index is 15.4. The molecule has 1 unspecified atom stereocenters. The smallest absolute Gasteiger partial charge is 0.323 e. The molecule has 1 aromatic heterocycles. The van der Waals surface area contributed by atoms with Crippen molar-refractivity contribution in [3.8, 4) is 6.07 Å². The normalized spacial score (nSPS) is 20.2. The number of carbonyl (C=O) groups is 2. The van der Waals surface area contributed by atoms with Crippen molar-refractivity contribution in [1.29, 1.82) is 5.26 Å². The topological polar surface area (TPSA) is 144 Å². The van der Waals surface area contributed by atoms with Gasteiger partial charge in [0, 0.05) is 12.6 Å². The number of nitrogens with one attached hydrogen (secondary N) is 2. The quantitative estimate of drug-likeness (QED) is 0.168. The van der Waals surface area contributed by atoms with Gasteiger partial charge >= 0.3 is 6.03 Å². The molecule has 0 radical (unpaired) electrons. The summed E-state index contributed by atoms with van der Waals surface area (Å²) >= 11 is 5.93. The minimum atomic E-state index is -1.55. The molecule has 3 amide bonds. The molecule has 1 saturated carbocycles. The van der Waals surface area contributed by atoms with Crippen molar-refractivity contribution in [2.24, 2.45) is 11.7 Å². The molecule has 6 rings (SSSR count). The molecule has 3 atom stereocenters. The van der Waals surface area contributed by atoms with Gasteiger partial charge in [0.25, 0.3) is 0 Å². The molecule has 240 valence electrons. The van der Waals surface area contributed by atoms with Gasteiger partial charge in [0.1, 0.15) is 23.3 Å². The van der Waals surface area contributed by atoms with Crippen molar-refractivity contribution in [3.05, 3.63) is 124 Å². The molecular formula is C36H34ClFN6O3. The average Bonchev–Trinajstić information content (AvgIpc) is 3.85. The Morgan fingerprint density at radius 3 is 2.53 bits per heavy atom. The predicted octanol–water partition coefficient (Wildman–Crippen LogP) is 6.27. The number of hydrogen-bond acceptors (Lipinski definition) is 6. The van der Waals surface area contributed by atoms with Gasteiger partial charge in [-0.25, -0.2) is 14.2 Å². The summed E-state index contributed by atoms with van der Waals surface area (Å²) in [5, 5.41) is 26.9. The largest absolute Gasteiger partial charge is 0.383 e. The third-order valence-corrected chi connectivity index (χ3v) is 9.29. The van der Waals surface area contributed by atoms with Gasteiger partial charge in [-0.1, -0.05) is 73.0 Å². The summed E-state index contributed by atoms with van der Waals surface area (Å²) in [6.45, 7) is -0.195. The zero-order chi connectivity index (χ0) is 33.2. The summed E-state index contributed by atoms with van der Waals surface area (Å²) in [6, 6.07) is 23.6. The second-order valence-corrected chi connectivity index (χ2v) is 12.8. The van der Waals surface area contributed by atoms with Crippen molar-refractivity contribution in [2.75, 3.05) is 17.2 Å². The monoisotopic (exact) mass is 652 g/mol. The minimum absolute atomic E-state index is 0.111. The minimum Gasteiger partial charge on any atom is -0.383 e. The van der Waals surface area contributed by atoms with E-state index >= 15 is 4.39 Å². The van der Waals surface area contributed by atoms with Gasteiger partial charge in [-0.05, 0) is 71.8 Å². The lowest BCUT2D eigenvalue weighted by Crippen LogP contribution is -2.45. The van der Waals surface area contributed by atoms with Gasteiger partial charge in [0.05, 0.1) is 34.4 Å².